The normalized spacial score (nSPS) is 18.3. The summed E-state index contributed by atoms with van der Waals surface area (Å²) in [5.41, 5.74) is 0.655. The average molecular weight is 275 g/mol. The molecule has 0 radical (unpaired) electrons. The van der Waals surface area contributed by atoms with E-state index in [1.165, 1.54) is 0 Å². The predicted molar refractivity (Wildman–Crippen MR) is 72.2 cm³/mol. The van der Waals surface area contributed by atoms with E-state index in [-0.39, 0.29) is 12.6 Å². The third-order valence-electron chi connectivity index (χ3n) is 3.76. The number of hydrogen-bond acceptors (Lipinski definition) is 5. The molecule has 2 heterocycles. The van der Waals surface area contributed by atoms with E-state index >= 15 is 0 Å². The van der Waals surface area contributed by atoms with E-state index < -0.39 is 0 Å². The van der Waals surface area contributed by atoms with Gasteiger partial charge >= 0.3 is 0 Å². The fraction of sp³-hybridized carbons (Fsp3) is 0.467. The standard InChI is InChI=1S/C15H17NO4/c17-12-3-6-16(7-4-12)8-5-13(18)11-1-2-14-15(9-11)20-10-19-14/h1-2,9H,3-8,10H2. The first kappa shape index (κ1) is 13.1. The minimum Gasteiger partial charge on any atom is -0.454 e. The highest BCUT2D eigenvalue weighted by Crippen LogP contribution is 2.32. The van der Waals surface area contributed by atoms with Crippen molar-refractivity contribution in [1.29, 1.82) is 0 Å². The van der Waals surface area contributed by atoms with Crippen LogP contribution in [0.4, 0.5) is 0 Å². The van der Waals surface area contributed by atoms with Gasteiger partial charge in [-0.25, -0.2) is 0 Å². The molecule has 0 saturated carbocycles. The molecule has 5 nitrogen and oxygen atoms in total. The highest BCUT2D eigenvalue weighted by Gasteiger charge is 2.19. The van der Waals surface area contributed by atoms with Gasteiger partial charge in [0.2, 0.25) is 6.79 Å². The minimum atomic E-state index is 0.0974. The van der Waals surface area contributed by atoms with Crippen molar-refractivity contribution in [2.45, 2.75) is 19.3 Å². The van der Waals surface area contributed by atoms with E-state index in [9.17, 15) is 9.59 Å². The van der Waals surface area contributed by atoms with Crippen molar-refractivity contribution in [2.75, 3.05) is 26.4 Å². The largest absolute Gasteiger partial charge is 0.454 e. The zero-order valence-electron chi connectivity index (χ0n) is 11.3. The summed E-state index contributed by atoms with van der Waals surface area (Å²) in [4.78, 5) is 25.5. The second kappa shape index (κ2) is 5.63. The van der Waals surface area contributed by atoms with Crippen LogP contribution in [0.5, 0.6) is 11.5 Å². The van der Waals surface area contributed by atoms with Crippen molar-refractivity contribution in [2.24, 2.45) is 0 Å². The van der Waals surface area contributed by atoms with Crippen LogP contribution in [-0.2, 0) is 4.79 Å². The summed E-state index contributed by atoms with van der Waals surface area (Å²) in [5.74, 6) is 1.75. The van der Waals surface area contributed by atoms with Crippen molar-refractivity contribution in [3.63, 3.8) is 0 Å². The van der Waals surface area contributed by atoms with Crippen LogP contribution in [0.25, 0.3) is 0 Å². The number of likely N-dealkylation sites (tertiary alicyclic amines) is 1. The smallest absolute Gasteiger partial charge is 0.231 e. The highest BCUT2D eigenvalue weighted by atomic mass is 16.7. The number of ether oxygens (including phenoxy) is 2. The lowest BCUT2D eigenvalue weighted by molar-refractivity contribution is -0.121. The number of piperidine rings is 1. The van der Waals surface area contributed by atoms with E-state index in [0.717, 1.165) is 13.1 Å². The van der Waals surface area contributed by atoms with Gasteiger partial charge < -0.3 is 14.4 Å². The molecule has 0 bridgehead atoms. The SMILES string of the molecule is O=C1CCN(CCC(=O)c2ccc3c(c2)OCO3)CC1. The lowest BCUT2D eigenvalue weighted by Crippen LogP contribution is -2.35. The maximum Gasteiger partial charge on any atom is 0.231 e. The van der Waals surface area contributed by atoms with E-state index in [4.69, 9.17) is 9.47 Å². The lowest BCUT2D eigenvalue weighted by Gasteiger charge is -2.25. The van der Waals surface area contributed by atoms with Crippen LogP contribution in [0.1, 0.15) is 29.6 Å². The first-order valence-corrected chi connectivity index (χ1v) is 6.89. The zero-order valence-corrected chi connectivity index (χ0v) is 11.3. The molecule has 1 fully saturated rings. The number of nitrogens with zero attached hydrogens (tertiary/aromatic N) is 1. The Kier molecular flexibility index (Phi) is 3.69. The Balaban J connectivity index is 1.55. The fourth-order valence-corrected chi connectivity index (χ4v) is 2.50. The van der Waals surface area contributed by atoms with Crippen LogP contribution in [-0.4, -0.2) is 42.9 Å². The number of Topliss-reactive ketones (excluding diaryl/α,β-unsaturated/α-hetero) is 2. The maximum absolute atomic E-state index is 12.2. The van der Waals surface area contributed by atoms with Crippen molar-refractivity contribution in [3.8, 4) is 11.5 Å². The third kappa shape index (κ3) is 2.82. The summed E-state index contributed by atoms with van der Waals surface area (Å²) >= 11 is 0. The molecule has 0 N–H and O–H groups in total. The van der Waals surface area contributed by atoms with Gasteiger partial charge in [-0.2, -0.15) is 0 Å². The number of fused-ring (bicyclic) bond motifs is 1. The summed E-state index contributed by atoms with van der Waals surface area (Å²) < 4.78 is 10.5. The Hall–Kier alpha value is -1.88. The third-order valence-corrected chi connectivity index (χ3v) is 3.76. The molecule has 3 rings (SSSR count). The summed E-state index contributed by atoms with van der Waals surface area (Å²) in [5, 5.41) is 0. The van der Waals surface area contributed by atoms with Gasteiger partial charge in [-0.1, -0.05) is 0 Å². The number of rotatable bonds is 4. The second-order valence-electron chi connectivity index (χ2n) is 5.12. The first-order chi connectivity index (χ1) is 9.72. The highest BCUT2D eigenvalue weighted by molar-refractivity contribution is 5.96. The molecule has 106 valence electrons. The number of hydrogen-bond donors (Lipinski definition) is 0. The summed E-state index contributed by atoms with van der Waals surface area (Å²) in [6.45, 7) is 2.47. The van der Waals surface area contributed by atoms with Gasteiger partial charge in [-0.3, -0.25) is 9.59 Å². The first-order valence-electron chi connectivity index (χ1n) is 6.89. The van der Waals surface area contributed by atoms with Crippen LogP contribution in [0.15, 0.2) is 18.2 Å². The van der Waals surface area contributed by atoms with Crippen LogP contribution >= 0.6 is 0 Å². The Morgan fingerprint density at radius 2 is 1.90 bits per heavy atom. The molecule has 0 unspecified atom stereocenters. The quantitative estimate of drug-likeness (QED) is 0.782. The molecule has 0 spiro atoms. The van der Waals surface area contributed by atoms with Crippen molar-refractivity contribution < 1.29 is 19.1 Å². The molecule has 2 aliphatic rings. The van der Waals surface area contributed by atoms with Gasteiger partial charge in [0.15, 0.2) is 17.3 Å². The molecule has 1 saturated heterocycles. The molecule has 20 heavy (non-hydrogen) atoms. The van der Waals surface area contributed by atoms with Crippen LogP contribution in [0, 0.1) is 0 Å². The molecule has 0 atom stereocenters. The Labute approximate surface area is 117 Å². The van der Waals surface area contributed by atoms with Gasteiger partial charge in [0, 0.05) is 44.5 Å². The number of ketones is 2. The molecular weight excluding hydrogens is 258 g/mol. The molecule has 0 aliphatic carbocycles. The average Bonchev–Trinajstić information content (AvgIpc) is 2.93. The molecule has 2 aliphatic heterocycles. The van der Waals surface area contributed by atoms with Crippen LogP contribution in [0.3, 0.4) is 0 Å². The van der Waals surface area contributed by atoms with Gasteiger partial charge in [0.1, 0.15) is 5.78 Å². The maximum atomic E-state index is 12.2. The van der Waals surface area contributed by atoms with Crippen molar-refractivity contribution >= 4 is 11.6 Å². The number of carbonyl (C=O) groups is 2. The zero-order chi connectivity index (χ0) is 13.9. The summed E-state index contributed by atoms with van der Waals surface area (Å²) in [6.07, 6.45) is 1.68. The summed E-state index contributed by atoms with van der Waals surface area (Å²) in [7, 11) is 0. The van der Waals surface area contributed by atoms with Gasteiger partial charge in [0.25, 0.3) is 0 Å². The molecular formula is C15H17NO4. The van der Waals surface area contributed by atoms with E-state index in [2.05, 4.69) is 4.90 Å². The molecule has 1 aromatic rings. The molecule has 0 amide bonds. The minimum absolute atomic E-state index is 0.0974. The van der Waals surface area contributed by atoms with Crippen molar-refractivity contribution in [1.82, 2.24) is 4.90 Å². The molecule has 1 aromatic carbocycles. The lowest BCUT2D eigenvalue weighted by atomic mass is 10.1. The van der Waals surface area contributed by atoms with E-state index in [0.29, 0.717) is 48.7 Å². The molecule has 0 aromatic heterocycles. The van der Waals surface area contributed by atoms with E-state index in [1.807, 2.05) is 0 Å². The van der Waals surface area contributed by atoms with Crippen LogP contribution in [0.2, 0.25) is 0 Å². The number of benzene rings is 1. The van der Waals surface area contributed by atoms with Crippen LogP contribution < -0.4 is 9.47 Å². The number of carbonyl (C=O) groups excluding carboxylic acids is 2. The monoisotopic (exact) mass is 275 g/mol. The Morgan fingerprint density at radius 1 is 1.15 bits per heavy atom. The topological polar surface area (TPSA) is 55.8 Å². The van der Waals surface area contributed by atoms with Gasteiger partial charge in [-0.05, 0) is 18.2 Å². The Morgan fingerprint density at radius 3 is 2.70 bits per heavy atom. The predicted octanol–water partition coefficient (Wildman–Crippen LogP) is 1.65. The van der Waals surface area contributed by atoms with Gasteiger partial charge in [-0.15, -0.1) is 0 Å². The second-order valence-corrected chi connectivity index (χ2v) is 5.12. The van der Waals surface area contributed by atoms with E-state index in [1.54, 1.807) is 18.2 Å². The molecule has 5 heteroatoms. The van der Waals surface area contributed by atoms with Crippen molar-refractivity contribution in [3.05, 3.63) is 23.8 Å². The Bertz CT molecular complexity index is 531. The fourth-order valence-electron chi connectivity index (χ4n) is 2.50. The summed E-state index contributed by atoms with van der Waals surface area (Å²) in [6, 6.07) is 5.29. The van der Waals surface area contributed by atoms with Gasteiger partial charge in [0.05, 0.1) is 0 Å².